The van der Waals surface area contributed by atoms with E-state index in [0.29, 0.717) is 22.0 Å². The fourth-order valence-corrected chi connectivity index (χ4v) is 3.35. The van der Waals surface area contributed by atoms with Crippen LogP contribution in [0.25, 0.3) is 10.4 Å². The van der Waals surface area contributed by atoms with Gasteiger partial charge in [-0.15, -0.1) is 11.3 Å². The minimum atomic E-state index is -4.38. The summed E-state index contributed by atoms with van der Waals surface area (Å²) in [6.07, 6.45) is -2.80. The first kappa shape index (κ1) is 17.6. The standard InChI is InChI=1S/C18H14F4N2S/c19-15-8-4-2-6-13(15)16-10-24-17(25-16)11-23-9-12-5-1-3-7-14(12)18(20,21)22/h1-8,10,23H,9,11H2. The predicted molar refractivity (Wildman–Crippen MR) is 89.5 cm³/mol. The summed E-state index contributed by atoms with van der Waals surface area (Å²) in [7, 11) is 0. The Labute approximate surface area is 146 Å². The Balaban J connectivity index is 1.66. The topological polar surface area (TPSA) is 24.9 Å². The molecule has 0 fully saturated rings. The second kappa shape index (κ2) is 7.33. The van der Waals surface area contributed by atoms with E-state index in [9.17, 15) is 17.6 Å². The van der Waals surface area contributed by atoms with Crippen LogP contribution in [0.5, 0.6) is 0 Å². The van der Waals surface area contributed by atoms with Crippen molar-refractivity contribution in [2.24, 2.45) is 0 Å². The zero-order valence-electron chi connectivity index (χ0n) is 13.0. The highest BCUT2D eigenvalue weighted by Crippen LogP contribution is 2.32. The summed E-state index contributed by atoms with van der Waals surface area (Å²) in [5.74, 6) is -0.329. The van der Waals surface area contributed by atoms with E-state index < -0.39 is 11.7 Å². The summed E-state index contributed by atoms with van der Waals surface area (Å²) in [6, 6.07) is 11.9. The Morgan fingerprint density at radius 2 is 1.68 bits per heavy atom. The van der Waals surface area contributed by atoms with Gasteiger partial charge in [-0.05, 0) is 17.7 Å². The summed E-state index contributed by atoms with van der Waals surface area (Å²) < 4.78 is 52.6. The third-order valence-electron chi connectivity index (χ3n) is 3.61. The Morgan fingerprint density at radius 1 is 0.960 bits per heavy atom. The van der Waals surface area contributed by atoms with Crippen molar-refractivity contribution in [1.29, 1.82) is 0 Å². The number of alkyl halides is 3. The zero-order valence-corrected chi connectivity index (χ0v) is 13.8. The lowest BCUT2D eigenvalue weighted by molar-refractivity contribution is -0.138. The molecule has 2 nitrogen and oxygen atoms in total. The third kappa shape index (κ3) is 4.24. The van der Waals surface area contributed by atoms with Gasteiger partial charge in [0.05, 0.1) is 10.4 Å². The van der Waals surface area contributed by atoms with Gasteiger partial charge in [0.25, 0.3) is 0 Å². The van der Waals surface area contributed by atoms with Crippen molar-refractivity contribution in [3.05, 3.63) is 76.7 Å². The third-order valence-corrected chi connectivity index (χ3v) is 4.64. The molecular formula is C18H14F4N2S. The van der Waals surface area contributed by atoms with E-state index in [-0.39, 0.29) is 17.9 Å². The first-order valence-electron chi connectivity index (χ1n) is 7.50. The van der Waals surface area contributed by atoms with Crippen molar-refractivity contribution < 1.29 is 17.6 Å². The van der Waals surface area contributed by atoms with Gasteiger partial charge in [0.1, 0.15) is 10.8 Å². The fourth-order valence-electron chi connectivity index (χ4n) is 2.43. The maximum absolute atomic E-state index is 13.8. The minimum Gasteiger partial charge on any atom is -0.306 e. The molecule has 0 aliphatic carbocycles. The van der Waals surface area contributed by atoms with Gasteiger partial charge in [-0.1, -0.05) is 36.4 Å². The molecule has 2 aromatic carbocycles. The lowest BCUT2D eigenvalue weighted by Gasteiger charge is -2.12. The van der Waals surface area contributed by atoms with E-state index in [0.717, 1.165) is 6.07 Å². The van der Waals surface area contributed by atoms with E-state index in [1.54, 1.807) is 30.5 Å². The molecule has 0 amide bonds. The maximum Gasteiger partial charge on any atom is 0.416 e. The maximum atomic E-state index is 13.8. The van der Waals surface area contributed by atoms with Gasteiger partial charge in [-0.25, -0.2) is 9.37 Å². The van der Waals surface area contributed by atoms with Crippen LogP contribution in [0, 0.1) is 5.82 Å². The summed E-state index contributed by atoms with van der Waals surface area (Å²) in [5, 5.41) is 3.65. The molecule has 0 bridgehead atoms. The first-order chi connectivity index (χ1) is 11.9. The molecule has 7 heteroatoms. The predicted octanol–water partition coefficient (Wildman–Crippen LogP) is 5.26. The highest BCUT2D eigenvalue weighted by atomic mass is 32.1. The average molecular weight is 366 g/mol. The SMILES string of the molecule is Fc1ccccc1-c1cnc(CNCc2ccccc2C(F)(F)F)s1. The average Bonchev–Trinajstić information content (AvgIpc) is 3.03. The minimum absolute atomic E-state index is 0.0737. The van der Waals surface area contributed by atoms with Crippen LogP contribution in [0.1, 0.15) is 16.1 Å². The van der Waals surface area contributed by atoms with Crippen LogP contribution < -0.4 is 5.32 Å². The van der Waals surface area contributed by atoms with Gasteiger partial charge in [0, 0.05) is 24.8 Å². The van der Waals surface area contributed by atoms with E-state index in [1.807, 2.05) is 0 Å². The monoisotopic (exact) mass is 366 g/mol. The molecule has 25 heavy (non-hydrogen) atoms. The Morgan fingerprint density at radius 3 is 2.44 bits per heavy atom. The van der Waals surface area contributed by atoms with Crippen molar-refractivity contribution in [3.63, 3.8) is 0 Å². The number of nitrogens with one attached hydrogen (secondary N) is 1. The highest BCUT2D eigenvalue weighted by Gasteiger charge is 2.32. The second-order valence-corrected chi connectivity index (χ2v) is 6.47. The number of rotatable bonds is 5. The normalized spacial score (nSPS) is 11.7. The van der Waals surface area contributed by atoms with Gasteiger partial charge in [-0.3, -0.25) is 0 Å². The van der Waals surface area contributed by atoms with E-state index in [1.165, 1.54) is 29.5 Å². The fraction of sp³-hybridized carbons (Fsp3) is 0.167. The first-order valence-corrected chi connectivity index (χ1v) is 8.32. The van der Waals surface area contributed by atoms with Gasteiger partial charge in [0.2, 0.25) is 0 Å². The molecule has 130 valence electrons. The molecule has 0 unspecified atom stereocenters. The summed E-state index contributed by atoms with van der Waals surface area (Å²) in [4.78, 5) is 4.89. The Hall–Kier alpha value is -2.25. The zero-order chi connectivity index (χ0) is 17.9. The highest BCUT2D eigenvalue weighted by molar-refractivity contribution is 7.15. The van der Waals surface area contributed by atoms with Crippen molar-refractivity contribution in [2.75, 3.05) is 0 Å². The van der Waals surface area contributed by atoms with Crippen LogP contribution in [0.3, 0.4) is 0 Å². The molecule has 0 aliphatic heterocycles. The van der Waals surface area contributed by atoms with Crippen LogP contribution >= 0.6 is 11.3 Å². The molecule has 1 aromatic heterocycles. The molecule has 3 rings (SSSR count). The van der Waals surface area contributed by atoms with Crippen molar-refractivity contribution in [3.8, 4) is 10.4 Å². The molecule has 0 spiro atoms. The van der Waals surface area contributed by atoms with Crippen molar-refractivity contribution >= 4 is 11.3 Å². The van der Waals surface area contributed by atoms with E-state index >= 15 is 0 Å². The number of aromatic nitrogens is 1. The quantitative estimate of drug-likeness (QED) is 0.623. The molecule has 1 heterocycles. The molecule has 0 saturated heterocycles. The largest absolute Gasteiger partial charge is 0.416 e. The van der Waals surface area contributed by atoms with Gasteiger partial charge < -0.3 is 5.32 Å². The number of thiazole rings is 1. The van der Waals surface area contributed by atoms with E-state index in [2.05, 4.69) is 10.3 Å². The molecule has 0 radical (unpaired) electrons. The Bertz CT molecular complexity index is 858. The van der Waals surface area contributed by atoms with Crippen LogP contribution in [0.4, 0.5) is 17.6 Å². The molecule has 0 atom stereocenters. The number of hydrogen-bond donors (Lipinski definition) is 1. The summed E-state index contributed by atoms with van der Waals surface area (Å²) in [6.45, 7) is 0.385. The van der Waals surface area contributed by atoms with Crippen LogP contribution in [0.15, 0.2) is 54.7 Å². The van der Waals surface area contributed by atoms with Crippen molar-refractivity contribution in [2.45, 2.75) is 19.3 Å². The lowest BCUT2D eigenvalue weighted by Crippen LogP contribution is -2.17. The number of halogens is 4. The number of benzene rings is 2. The summed E-state index contributed by atoms with van der Waals surface area (Å²) >= 11 is 1.31. The van der Waals surface area contributed by atoms with Crippen molar-refractivity contribution in [1.82, 2.24) is 10.3 Å². The van der Waals surface area contributed by atoms with Crippen LogP contribution in [0.2, 0.25) is 0 Å². The Kier molecular flexibility index (Phi) is 5.15. The second-order valence-electron chi connectivity index (χ2n) is 5.36. The molecule has 0 aliphatic rings. The smallest absolute Gasteiger partial charge is 0.306 e. The van der Waals surface area contributed by atoms with Gasteiger partial charge in [0.15, 0.2) is 0 Å². The number of hydrogen-bond acceptors (Lipinski definition) is 3. The molecule has 1 N–H and O–H groups in total. The molecular weight excluding hydrogens is 352 g/mol. The van der Waals surface area contributed by atoms with Gasteiger partial charge >= 0.3 is 6.18 Å². The van der Waals surface area contributed by atoms with Crippen LogP contribution in [-0.2, 0) is 19.3 Å². The lowest BCUT2D eigenvalue weighted by atomic mass is 10.1. The number of nitrogens with zero attached hydrogens (tertiary/aromatic N) is 1. The van der Waals surface area contributed by atoms with Gasteiger partial charge in [-0.2, -0.15) is 13.2 Å². The summed E-state index contributed by atoms with van der Waals surface area (Å²) in [5.41, 5.74) is 0.00300. The molecule has 0 saturated carbocycles. The van der Waals surface area contributed by atoms with E-state index in [4.69, 9.17) is 0 Å². The molecule has 3 aromatic rings. The van der Waals surface area contributed by atoms with Crippen LogP contribution in [-0.4, -0.2) is 4.98 Å².